The first-order valence-corrected chi connectivity index (χ1v) is 5.79. The van der Waals surface area contributed by atoms with Gasteiger partial charge in [-0.05, 0) is 22.4 Å². The Balaban J connectivity index is 2.06. The van der Waals surface area contributed by atoms with Gasteiger partial charge in [0.2, 0.25) is 5.69 Å². The Morgan fingerprint density at radius 1 is 1.42 bits per heavy atom. The molecule has 3 rings (SSSR count). The predicted octanol–water partition coefficient (Wildman–Crippen LogP) is 0.363. The zero-order chi connectivity index (χ0) is 13.4. The second kappa shape index (κ2) is 4.23. The summed E-state index contributed by atoms with van der Waals surface area (Å²) in [6, 6.07) is 4.80. The Morgan fingerprint density at radius 3 is 2.74 bits per heavy atom. The Labute approximate surface area is 107 Å². The highest BCUT2D eigenvalue weighted by molar-refractivity contribution is 5.66. The van der Waals surface area contributed by atoms with Crippen molar-refractivity contribution in [2.24, 2.45) is 0 Å². The van der Waals surface area contributed by atoms with Gasteiger partial charge in [0.25, 0.3) is 11.9 Å². The molecule has 8 nitrogen and oxygen atoms in total. The van der Waals surface area contributed by atoms with E-state index < -0.39 is 10.5 Å². The highest BCUT2D eigenvalue weighted by Gasteiger charge is 2.26. The molecule has 0 spiro atoms. The standard InChI is InChI=1S/C11H10N4O4/c16-11-7-14(12-19-11)8-2-3-9(13-4-1-5-13)10(6-8)15(17)18/h2-3,6-7H,1,4-5H2/p+1. The number of anilines is 1. The fourth-order valence-corrected chi connectivity index (χ4v) is 2.01. The lowest BCUT2D eigenvalue weighted by molar-refractivity contribution is -0.670. The highest BCUT2D eigenvalue weighted by Crippen LogP contribution is 2.31. The third-order valence-electron chi connectivity index (χ3n) is 3.11. The monoisotopic (exact) mass is 263 g/mol. The summed E-state index contributed by atoms with van der Waals surface area (Å²) in [5, 5.41) is 13.5. The van der Waals surface area contributed by atoms with Crippen molar-refractivity contribution < 1.29 is 14.1 Å². The number of benzene rings is 1. The maximum atomic E-state index is 11.1. The molecular weight excluding hydrogens is 252 g/mol. The molecule has 98 valence electrons. The van der Waals surface area contributed by atoms with Gasteiger partial charge < -0.3 is 4.90 Å². The summed E-state index contributed by atoms with van der Waals surface area (Å²) in [6.45, 7) is 1.66. The van der Waals surface area contributed by atoms with Crippen molar-refractivity contribution in [2.75, 3.05) is 18.0 Å². The summed E-state index contributed by atoms with van der Waals surface area (Å²) in [6.07, 6.45) is 2.23. The number of aromatic amines is 1. The van der Waals surface area contributed by atoms with Gasteiger partial charge in [-0.25, -0.2) is 4.79 Å². The van der Waals surface area contributed by atoms with Crippen LogP contribution in [-0.4, -0.2) is 23.3 Å². The van der Waals surface area contributed by atoms with E-state index >= 15 is 0 Å². The summed E-state index contributed by atoms with van der Waals surface area (Å²) in [7, 11) is 0. The molecule has 2 aromatic rings. The number of aromatic nitrogens is 2. The van der Waals surface area contributed by atoms with Gasteiger partial charge >= 0.3 is 5.63 Å². The lowest BCUT2D eigenvalue weighted by Crippen LogP contribution is -2.38. The zero-order valence-corrected chi connectivity index (χ0v) is 9.91. The number of nitrogens with zero attached hydrogens (tertiary/aromatic N) is 3. The second-order valence-corrected chi connectivity index (χ2v) is 4.28. The lowest BCUT2D eigenvalue weighted by atomic mass is 10.1. The molecule has 0 atom stereocenters. The SMILES string of the molecule is O=c1c[n+](-c2ccc(N3CCC3)c([N+](=O)[O-])c2)[nH]o1. The van der Waals surface area contributed by atoms with Crippen LogP contribution >= 0.6 is 0 Å². The summed E-state index contributed by atoms with van der Waals surface area (Å²) in [5.74, 6) is 0. The molecule has 0 unspecified atom stereocenters. The number of nitrogens with one attached hydrogen (secondary N) is 1. The molecule has 0 radical (unpaired) electrons. The Morgan fingerprint density at radius 2 is 2.21 bits per heavy atom. The van der Waals surface area contributed by atoms with E-state index in [1.165, 1.54) is 16.9 Å². The van der Waals surface area contributed by atoms with Crippen LogP contribution < -0.4 is 15.2 Å². The fourth-order valence-electron chi connectivity index (χ4n) is 2.01. The normalized spacial score (nSPS) is 14.2. The molecule has 1 saturated heterocycles. The molecule has 2 heterocycles. The minimum absolute atomic E-state index is 0.0201. The molecule has 1 N–H and O–H groups in total. The highest BCUT2D eigenvalue weighted by atomic mass is 16.6. The Hall–Kier alpha value is -2.64. The van der Waals surface area contributed by atoms with Crippen molar-refractivity contribution >= 4 is 11.4 Å². The molecule has 1 aliphatic rings. The third kappa shape index (κ3) is 1.96. The molecular formula is C11H11N4O4+. The minimum Gasteiger partial charge on any atom is -0.366 e. The van der Waals surface area contributed by atoms with Gasteiger partial charge in [0, 0.05) is 19.2 Å². The van der Waals surface area contributed by atoms with E-state index in [1.807, 2.05) is 4.90 Å². The summed E-state index contributed by atoms with van der Waals surface area (Å²) >= 11 is 0. The molecule has 0 bridgehead atoms. The van der Waals surface area contributed by atoms with Crippen LogP contribution in [0.3, 0.4) is 0 Å². The van der Waals surface area contributed by atoms with E-state index in [0.717, 1.165) is 19.5 Å². The van der Waals surface area contributed by atoms with Crippen molar-refractivity contribution in [3.05, 3.63) is 44.9 Å². The van der Waals surface area contributed by atoms with Crippen molar-refractivity contribution in [3.8, 4) is 5.69 Å². The van der Waals surface area contributed by atoms with E-state index in [-0.39, 0.29) is 5.69 Å². The first kappa shape index (κ1) is 11.5. The van der Waals surface area contributed by atoms with Crippen molar-refractivity contribution in [1.29, 1.82) is 0 Å². The molecule has 1 aromatic heterocycles. The summed E-state index contributed by atoms with van der Waals surface area (Å²) < 4.78 is 5.83. The van der Waals surface area contributed by atoms with E-state index in [9.17, 15) is 14.9 Å². The second-order valence-electron chi connectivity index (χ2n) is 4.28. The van der Waals surface area contributed by atoms with Crippen molar-refractivity contribution in [2.45, 2.75) is 6.42 Å². The first-order chi connectivity index (χ1) is 9.15. The summed E-state index contributed by atoms with van der Waals surface area (Å²) in [5.41, 5.74) is 0.550. The van der Waals surface area contributed by atoms with Crippen LogP contribution in [0.1, 0.15) is 6.42 Å². The number of rotatable bonds is 3. The van der Waals surface area contributed by atoms with Gasteiger partial charge in [0.15, 0.2) is 0 Å². The Bertz CT molecular complexity index is 686. The van der Waals surface area contributed by atoms with Crippen LogP contribution in [-0.2, 0) is 0 Å². The maximum absolute atomic E-state index is 11.1. The number of H-pyrrole nitrogens is 1. The number of hydrogen-bond donors (Lipinski definition) is 1. The van der Waals surface area contributed by atoms with Crippen LogP contribution in [0.2, 0.25) is 0 Å². The average molecular weight is 263 g/mol. The topological polar surface area (TPSA) is 96.3 Å². The number of nitro groups is 1. The Kier molecular flexibility index (Phi) is 2.55. The smallest absolute Gasteiger partial charge is 0.366 e. The quantitative estimate of drug-likeness (QED) is 0.490. The molecule has 0 aliphatic carbocycles. The number of nitro benzene ring substituents is 1. The molecule has 0 amide bonds. The number of hydrogen-bond acceptors (Lipinski definition) is 5. The molecule has 1 aliphatic heterocycles. The average Bonchev–Trinajstić information content (AvgIpc) is 2.74. The molecule has 0 saturated carbocycles. The largest absolute Gasteiger partial charge is 0.427 e. The van der Waals surface area contributed by atoms with Crippen LogP contribution in [0, 0.1) is 10.1 Å². The van der Waals surface area contributed by atoms with Crippen molar-refractivity contribution in [3.63, 3.8) is 0 Å². The molecule has 8 heteroatoms. The van der Waals surface area contributed by atoms with E-state index in [0.29, 0.717) is 11.4 Å². The van der Waals surface area contributed by atoms with Gasteiger partial charge in [-0.15, -0.1) is 0 Å². The van der Waals surface area contributed by atoms with Crippen LogP contribution in [0.5, 0.6) is 0 Å². The van der Waals surface area contributed by atoms with Gasteiger partial charge in [0.1, 0.15) is 5.69 Å². The molecule has 1 aromatic carbocycles. The van der Waals surface area contributed by atoms with Crippen LogP contribution in [0.25, 0.3) is 5.69 Å². The maximum Gasteiger partial charge on any atom is 0.427 e. The van der Waals surface area contributed by atoms with E-state index in [2.05, 4.69) is 9.79 Å². The van der Waals surface area contributed by atoms with Gasteiger partial charge in [0.05, 0.1) is 11.0 Å². The van der Waals surface area contributed by atoms with Gasteiger partial charge in [-0.1, -0.05) is 0 Å². The lowest BCUT2D eigenvalue weighted by Gasteiger charge is -2.32. The van der Waals surface area contributed by atoms with Gasteiger partial charge in [-0.3, -0.25) is 14.6 Å². The van der Waals surface area contributed by atoms with Crippen LogP contribution in [0.15, 0.2) is 33.7 Å². The fraction of sp³-hybridized carbons (Fsp3) is 0.273. The predicted molar refractivity (Wildman–Crippen MR) is 64.3 cm³/mol. The van der Waals surface area contributed by atoms with E-state index in [4.69, 9.17) is 0 Å². The molecule has 19 heavy (non-hydrogen) atoms. The van der Waals surface area contributed by atoms with E-state index in [1.54, 1.807) is 12.1 Å². The van der Waals surface area contributed by atoms with Crippen molar-refractivity contribution in [1.82, 2.24) is 5.27 Å². The zero-order valence-electron chi connectivity index (χ0n) is 9.91. The summed E-state index contributed by atoms with van der Waals surface area (Å²) in [4.78, 5) is 23.6. The first-order valence-electron chi connectivity index (χ1n) is 5.79. The third-order valence-corrected chi connectivity index (χ3v) is 3.11. The van der Waals surface area contributed by atoms with Gasteiger partial charge in [-0.2, -0.15) is 0 Å². The minimum atomic E-state index is -0.547. The molecule has 1 fully saturated rings. The van der Waals surface area contributed by atoms with Crippen LogP contribution in [0.4, 0.5) is 11.4 Å².